The smallest absolute Gasteiger partial charge is 0.338 e. The lowest BCUT2D eigenvalue weighted by molar-refractivity contribution is 0.0525. The number of carbonyl (C=O) groups excluding carboxylic acids is 1. The molecule has 0 radical (unpaired) electrons. The summed E-state index contributed by atoms with van der Waals surface area (Å²) in [6.45, 7) is 10.1. The first-order chi connectivity index (χ1) is 14.5. The number of ether oxygens (including phenoxy) is 1. The summed E-state index contributed by atoms with van der Waals surface area (Å²) in [7, 11) is 2.09. The fraction of sp³-hybridized carbons (Fsp3) is 0.478. The molecule has 2 aromatic rings. The van der Waals surface area contributed by atoms with Gasteiger partial charge in [0.15, 0.2) is 0 Å². The molecule has 1 fully saturated rings. The second-order valence-electron chi connectivity index (χ2n) is 7.09. The Balaban J connectivity index is 0.00000155. The molecule has 30 heavy (non-hydrogen) atoms. The molecule has 0 bridgehead atoms. The minimum atomic E-state index is -0.329. The second kappa shape index (κ2) is 10.8. The number of hydrogen-bond acceptors (Lipinski definition) is 6. The van der Waals surface area contributed by atoms with Crippen LogP contribution in [0.1, 0.15) is 55.1 Å². The molecule has 0 aromatic carbocycles. The van der Waals surface area contributed by atoms with Crippen LogP contribution in [0.5, 0.6) is 0 Å². The molecule has 1 aliphatic rings. The maximum Gasteiger partial charge on any atom is 0.338 e. The lowest BCUT2D eigenvalue weighted by Crippen LogP contribution is -2.42. The van der Waals surface area contributed by atoms with Crippen molar-refractivity contribution in [1.82, 2.24) is 9.72 Å². The largest absolute Gasteiger partial charge is 0.462 e. The summed E-state index contributed by atoms with van der Waals surface area (Å²) in [6.07, 6.45) is 6.79. The Hall–Kier alpha value is -2.80. The molecule has 3 rings (SSSR count). The molecule has 1 aliphatic heterocycles. The van der Waals surface area contributed by atoms with E-state index >= 15 is 0 Å². The highest BCUT2D eigenvalue weighted by Gasteiger charge is 2.25. The quantitative estimate of drug-likeness (QED) is 0.497. The SMILES string of the molecule is CC.CCOC(=O)c1cc2c(/C(N)=C/C=N)ccn2c(N(C)C2CCNCC2)c1C. The van der Waals surface area contributed by atoms with Crippen molar-refractivity contribution < 1.29 is 9.53 Å². The zero-order valence-corrected chi connectivity index (χ0v) is 18.8. The van der Waals surface area contributed by atoms with E-state index in [1.54, 1.807) is 13.0 Å². The number of allylic oxidation sites excluding steroid dienone is 1. The summed E-state index contributed by atoms with van der Waals surface area (Å²) < 4.78 is 7.39. The van der Waals surface area contributed by atoms with Crippen LogP contribution in [0.3, 0.4) is 0 Å². The van der Waals surface area contributed by atoms with Gasteiger partial charge in [0, 0.05) is 42.3 Å². The first-order valence-electron chi connectivity index (χ1n) is 10.7. The second-order valence-corrected chi connectivity index (χ2v) is 7.09. The van der Waals surface area contributed by atoms with Crippen molar-refractivity contribution in [3.05, 3.63) is 41.1 Å². The van der Waals surface area contributed by atoms with Gasteiger partial charge in [0.25, 0.3) is 0 Å². The van der Waals surface area contributed by atoms with Crippen molar-refractivity contribution in [3.8, 4) is 0 Å². The lowest BCUT2D eigenvalue weighted by atomic mass is 10.0. The topological polar surface area (TPSA) is 95.8 Å². The van der Waals surface area contributed by atoms with Crippen LogP contribution in [-0.2, 0) is 4.74 Å². The van der Waals surface area contributed by atoms with Crippen LogP contribution in [0, 0.1) is 12.3 Å². The third-order valence-electron chi connectivity index (χ3n) is 5.43. The summed E-state index contributed by atoms with van der Waals surface area (Å²) in [4.78, 5) is 14.9. The van der Waals surface area contributed by atoms with Crippen molar-refractivity contribution in [2.45, 2.75) is 46.6 Å². The average Bonchev–Trinajstić information content (AvgIpc) is 3.19. The Morgan fingerprint density at radius 1 is 1.37 bits per heavy atom. The van der Waals surface area contributed by atoms with Crippen molar-refractivity contribution in [1.29, 1.82) is 5.41 Å². The van der Waals surface area contributed by atoms with Crippen molar-refractivity contribution in [2.24, 2.45) is 5.73 Å². The average molecular weight is 414 g/mol. The number of nitrogens with zero attached hydrogens (tertiary/aromatic N) is 2. The molecule has 0 unspecified atom stereocenters. The first kappa shape index (κ1) is 23.5. The van der Waals surface area contributed by atoms with Gasteiger partial charge in [0.05, 0.1) is 17.7 Å². The molecule has 0 spiro atoms. The molecule has 1 saturated heterocycles. The molecule has 0 amide bonds. The Labute approximate surface area is 179 Å². The highest BCUT2D eigenvalue weighted by Crippen LogP contribution is 2.32. The van der Waals surface area contributed by atoms with E-state index < -0.39 is 0 Å². The number of fused-ring (bicyclic) bond motifs is 1. The summed E-state index contributed by atoms with van der Waals surface area (Å²) in [5.74, 6) is 0.644. The minimum absolute atomic E-state index is 0.326. The third-order valence-corrected chi connectivity index (χ3v) is 5.43. The summed E-state index contributed by atoms with van der Waals surface area (Å²) >= 11 is 0. The van der Waals surface area contributed by atoms with Crippen molar-refractivity contribution >= 4 is 29.2 Å². The van der Waals surface area contributed by atoms with E-state index in [1.165, 1.54) is 6.21 Å². The molecule has 2 aromatic heterocycles. The molecule has 7 heteroatoms. The van der Waals surface area contributed by atoms with Crippen LogP contribution < -0.4 is 16.0 Å². The molecule has 3 heterocycles. The molecule has 0 saturated carbocycles. The van der Waals surface area contributed by atoms with E-state index in [-0.39, 0.29) is 5.97 Å². The Bertz CT molecular complexity index is 910. The maximum atomic E-state index is 12.6. The fourth-order valence-corrected chi connectivity index (χ4v) is 3.97. The first-order valence-corrected chi connectivity index (χ1v) is 10.7. The van der Waals surface area contributed by atoms with Crippen LogP contribution in [0.15, 0.2) is 24.4 Å². The van der Waals surface area contributed by atoms with Gasteiger partial charge < -0.3 is 30.5 Å². The van der Waals surface area contributed by atoms with Gasteiger partial charge in [0.1, 0.15) is 5.82 Å². The van der Waals surface area contributed by atoms with Crippen LogP contribution in [0.4, 0.5) is 5.82 Å². The van der Waals surface area contributed by atoms with E-state index in [2.05, 4.69) is 21.7 Å². The highest BCUT2D eigenvalue weighted by atomic mass is 16.5. The predicted molar refractivity (Wildman–Crippen MR) is 125 cm³/mol. The standard InChI is InChI=1S/C21H29N5O2.C2H6/c1-4-28-21(27)17-13-19-16(18(23)5-9-22)8-12-26(19)20(14(17)2)25(3)15-6-10-24-11-7-15;1-2/h5,8-9,12-13,15,22,24H,4,6-7,10-11,23H2,1-3H3;1-2H3/b18-5-,22-9?;. The van der Waals surface area contributed by atoms with Gasteiger partial charge in [0.2, 0.25) is 0 Å². The van der Waals surface area contributed by atoms with Gasteiger partial charge >= 0.3 is 5.97 Å². The molecular weight excluding hydrogens is 378 g/mol. The monoisotopic (exact) mass is 413 g/mol. The van der Waals surface area contributed by atoms with Gasteiger partial charge in [-0.05, 0) is 58.0 Å². The van der Waals surface area contributed by atoms with E-state index in [4.69, 9.17) is 15.9 Å². The van der Waals surface area contributed by atoms with Gasteiger partial charge in [-0.25, -0.2) is 4.79 Å². The predicted octanol–water partition coefficient (Wildman–Crippen LogP) is 3.59. The summed E-state index contributed by atoms with van der Waals surface area (Å²) in [5, 5.41) is 10.7. The fourth-order valence-electron chi connectivity index (χ4n) is 3.97. The van der Waals surface area contributed by atoms with Crippen LogP contribution in [0.25, 0.3) is 11.2 Å². The Morgan fingerprint density at radius 3 is 2.63 bits per heavy atom. The molecule has 0 aliphatic carbocycles. The van der Waals surface area contributed by atoms with E-state index in [1.807, 2.05) is 39.1 Å². The number of piperidine rings is 1. The van der Waals surface area contributed by atoms with E-state index in [0.717, 1.165) is 48.4 Å². The number of nitrogens with two attached hydrogens (primary N) is 1. The number of carbonyl (C=O) groups is 1. The third kappa shape index (κ3) is 4.67. The Kier molecular flexibility index (Phi) is 8.47. The maximum absolute atomic E-state index is 12.6. The summed E-state index contributed by atoms with van der Waals surface area (Å²) in [5.41, 5.74) is 9.73. The van der Waals surface area contributed by atoms with Gasteiger partial charge in [-0.15, -0.1) is 0 Å². The molecule has 0 atom stereocenters. The number of hydrogen-bond donors (Lipinski definition) is 3. The van der Waals surface area contributed by atoms with E-state index in [0.29, 0.717) is 23.9 Å². The molecular formula is C23H35N5O2. The number of aromatic nitrogens is 1. The van der Waals surface area contributed by atoms with E-state index in [9.17, 15) is 4.79 Å². The molecule has 4 N–H and O–H groups in total. The van der Waals surface area contributed by atoms with Crippen LogP contribution in [-0.4, -0.2) is 49.4 Å². The number of anilines is 1. The number of pyridine rings is 1. The Morgan fingerprint density at radius 2 is 2.03 bits per heavy atom. The zero-order chi connectivity index (χ0) is 22.3. The van der Waals surface area contributed by atoms with Crippen molar-refractivity contribution in [2.75, 3.05) is 31.6 Å². The number of rotatable bonds is 6. The molecule has 164 valence electrons. The zero-order valence-electron chi connectivity index (χ0n) is 18.8. The van der Waals surface area contributed by atoms with Crippen LogP contribution >= 0.6 is 0 Å². The van der Waals surface area contributed by atoms with Crippen molar-refractivity contribution in [3.63, 3.8) is 0 Å². The lowest BCUT2D eigenvalue weighted by Gasteiger charge is -2.35. The normalized spacial score (nSPS) is 14.8. The highest BCUT2D eigenvalue weighted by molar-refractivity contribution is 5.96. The van der Waals surface area contributed by atoms with Gasteiger partial charge in [-0.1, -0.05) is 13.8 Å². The summed E-state index contributed by atoms with van der Waals surface area (Å²) in [6, 6.07) is 4.16. The molecule has 7 nitrogen and oxygen atoms in total. The number of esters is 1. The minimum Gasteiger partial charge on any atom is -0.462 e. The van der Waals surface area contributed by atoms with Gasteiger partial charge in [-0.2, -0.15) is 0 Å². The van der Waals surface area contributed by atoms with Crippen LogP contribution in [0.2, 0.25) is 0 Å². The van der Waals surface area contributed by atoms with Gasteiger partial charge in [-0.3, -0.25) is 0 Å². The number of nitrogens with one attached hydrogen (secondary N) is 2.